The zero-order chi connectivity index (χ0) is 22.4. The summed E-state index contributed by atoms with van der Waals surface area (Å²) in [7, 11) is -3.96. The van der Waals surface area contributed by atoms with Crippen molar-refractivity contribution in [2.24, 2.45) is 0 Å². The molecule has 0 fully saturated rings. The van der Waals surface area contributed by atoms with Gasteiger partial charge in [0.25, 0.3) is 0 Å². The lowest BCUT2D eigenvalue weighted by atomic mass is 10.0. The van der Waals surface area contributed by atoms with Gasteiger partial charge >= 0.3 is 6.18 Å². The number of amides is 1. The second kappa shape index (κ2) is 9.97. The number of anilines is 1. The summed E-state index contributed by atoms with van der Waals surface area (Å²) in [5.74, 6) is -0.184. The number of hydrogen-bond donors (Lipinski definition) is 1. The maximum atomic E-state index is 13.3. The van der Waals surface area contributed by atoms with E-state index in [0.717, 1.165) is 24.0 Å². The van der Waals surface area contributed by atoms with E-state index in [9.17, 15) is 26.4 Å². The minimum Gasteiger partial charge on any atom is -0.356 e. The fraction of sp³-hybridized carbons (Fsp3) is 0.381. The van der Waals surface area contributed by atoms with E-state index in [0.29, 0.717) is 10.8 Å². The molecule has 0 unspecified atom stereocenters. The van der Waals surface area contributed by atoms with Gasteiger partial charge in [-0.05, 0) is 30.0 Å². The van der Waals surface area contributed by atoms with Crippen LogP contribution in [-0.4, -0.2) is 33.7 Å². The largest absolute Gasteiger partial charge is 0.418 e. The molecule has 0 aliphatic heterocycles. The highest BCUT2D eigenvalue weighted by atomic mass is 32.2. The smallest absolute Gasteiger partial charge is 0.356 e. The third-order valence-electron chi connectivity index (χ3n) is 4.62. The van der Waals surface area contributed by atoms with Crippen LogP contribution in [0.15, 0.2) is 54.6 Å². The van der Waals surface area contributed by atoms with Crippen LogP contribution in [0.2, 0.25) is 0 Å². The molecule has 164 valence electrons. The number of carbonyl (C=O) groups excluding carboxylic acids is 1. The first-order valence-corrected chi connectivity index (χ1v) is 11.3. The predicted octanol–water partition coefficient (Wildman–Crippen LogP) is 4.17. The molecule has 0 radical (unpaired) electrons. The van der Waals surface area contributed by atoms with Crippen LogP contribution in [0.25, 0.3) is 0 Å². The molecule has 0 saturated carbocycles. The van der Waals surface area contributed by atoms with Crippen LogP contribution in [0.3, 0.4) is 0 Å². The van der Waals surface area contributed by atoms with Crippen molar-refractivity contribution in [3.05, 3.63) is 65.7 Å². The van der Waals surface area contributed by atoms with Crippen molar-refractivity contribution in [3.8, 4) is 0 Å². The Labute approximate surface area is 175 Å². The summed E-state index contributed by atoms with van der Waals surface area (Å²) in [4.78, 5) is 12.1. The zero-order valence-corrected chi connectivity index (χ0v) is 17.6. The first-order chi connectivity index (χ1) is 14.0. The van der Waals surface area contributed by atoms with Gasteiger partial charge in [-0.15, -0.1) is 0 Å². The van der Waals surface area contributed by atoms with Gasteiger partial charge in [-0.25, -0.2) is 8.42 Å². The SMILES string of the molecule is C[C@H](CNC(=O)CCCN(c1ccccc1C(F)(F)F)S(C)(=O)=O)c1ccccc1. The van der Waals surface area contributed by atoms with E-state index in [4.69, 9.17) is 0 Å². The Bertz CT molecular complexity index is 947. The molecule has 2 aromatic rings. The van der Waals surface area contributed by atoms with Crippen LogP contribution in [0.4, 0.5) is 18.9 Å². The highest BCUT2D eigenvalue weighted by molar-refractivity contribution is 7.92. The van der Waals surface area contributed by atoms with Gasteiger partial charge in [0.15, 0.2) is 0 Å². The average Bonchev–Trinajstić information content (AvgIpc) is 2.68. The topological polar surface area (TPSA) is 66.5 Å². The molecule has 0 aliphatic rings. The summed E-state index contributed by atoms with van der Waals surface area (Å²) < 4.78 is 64.8. The molecule has 1 N–H and O–H groups in total. The summed E-state index contributed by atoms with van der Waals surface area (Å²) >= 11 is 0. The Balaban J connectivity index is 1.97. The van der Waals surface area contributed by atoms with Crippen LogP contribution in [-0.2, 0) is 21.0 Å². The number of benzene rings is 2. The molecule has 0 spiro atoms. The van der Waals surface area contributed by atoms with Gasteiger partial charge in [0.2, 0.25) is 15.9 Å². The van der Waals surface area contributed by atoms with Crippen molar-refractivity contribution in [1.29, 1.82) is 0 Å². The van der Waals surface area contributed by atoms with Crippen LogP contribution >= 0.6 is 0 Å². The van der Waals surface area contributed by atoms with E-state index in [1.54, 1.807) is 0 Å². The van der Waals surface area contributed by atoms with Crippen LogP contribution in [0.5, 0.6) is 0 Å². The Morgan fingerprint density at radius 1 is 1.07 bits per heavy atom. The molecule has 9 heteroatoms. The highest BCUT2D eigenvalue weighted by Crippen LogP contribution is 2.37. The standard InChI is InChI=1S/C21H25F3N2O3S/c1-16(17-9-4-3-5-10-17)15-25-20(27)13-8-14-26(30(2,28)29)19-12-7-6-11-18(19)21(22,23)24/h3-7,9-12,16H,8,13-15H2,1-2H3,(H,25,27)/t16-/m1/s1. The Kier molecular flexibility index (Phi) is 7.89. The van der Waals surface area contributed by atoms with Gasteiger partial charge in [-0.1, -0.05) is 49.4 Å². The third-order valence-corrected chi connectivity index (χ3v) is 5.80. The molecule has 1 atom stereocenters. The first-order valence-electron chi connectivity index (χ1n) is 9.45. The number of para-hydroxylation sites is 1. The quantitative estimate of drug-likeness (QED) is 0.634. The van der Waals surface area contributed by atoms with E-state index >= 15 is 0 Å². The minimum atomic E-state index is -4.69. The average molecular weight is 443 g/mol. The molecule has 0 aliphatic carbocycles. The summed E-state index contributed by atoms with van der Waals surface area (Å²) in [6, 6.07) is 14.1. The normalized spacial score (nSPS) is 13.0. The third kappa shape index (κ3) is 6.76. The lowest BCUT2D eigenvalue weighted by molar-refractivity contribution is -0.137. The second-order valence-electron chi connectivity index (χ2n) is 7.07. The maximum Gasteiger partial charge on any atom is 0.418 e. The van der Waals surface area contributed by atoms with Crippen LogP contribution < -0.4 is 9.62 Å². The summed E-state index contributed by atoms with van der Waals surface area (Å²) in [6.07, 6.45) is -3.75. The fourth-order valence-electron chi connectivity index (χ4n) is 3.03. The molecule has 0 aromatic heterocycles. The second-order valence-corrected chi connectivity index (χ2v) is 8.98. The number of rotatable bonds is 9. The molecule has 5 nitrogen and oxygen atoms in total. The lowest BCUT2D eigenvalue weighted by Gasteiger charge is -2.25. The number of sulfonamides is 1. The van der Waals surface area contributed by atoms with E-state index in [-0.39, 0.29) is 31.2 Å². The van der Waals surface area contributed by atoms with Gasteiger partial charge < -0.3 is 5.32 Å². The van der Waals surface area contributed by atoms with Crippen molar-refractivity contribution in [2.45, 2.75) is 31.9 Å². The molecular weight excluding hydrogens is 417 g/mol. The minimum absolute atomic E-state index is 0.00170. The van der Waals surface area contributed by atoms with Crippen molar-refractivity contribution < 1.29 is 26.4 Å². The highest BCUT2D eigenvalue weighted by Gasteiger charge is 2.36. The lowest BCUT2D eigenvalue weighted by Crippen LogP contribution is -2.34. The number of carbonyl (C=O) groups is 1. The number of halogens is 3. The predicted molar refractivity (Wildman–Crippen MR) is 111 cm³/mol. The zero-order valence-electron chi connectivity index (χ0n) is 16.8. The van der Waals surface area contributed by atoms with Gasteiger partial charge in [-0.2, -0.15) is 13.2 Å². The maximum absolute atomic E-state index is 13.3. The molecular formula is C21H25F3N2O3S. The Morgan fingerprint density at radius 2 is 1.67 bits per heavy atom. The molecule has 1 amide bonds. The van der Waals surface area contributed by atoms with Crippen LogP contribution in [0.1, 0.15) is 36.8 Å². The first kappa shape index (κ1) is 23.7. The summed E-state index contributed by atoms with van der Waals surface area (Å²) in [5.41, 5.74) is -0.396. The van der Waals surface area contributed by atoms with Gasteiger partial charge in [-0.3, -0.25) is 9.10 Å². The van der Waals surface area contributed by atoms with E-state index in [2.05, 4.69) is 5.32 Å². The number of nitrogens with zero attached hydrogens (tertiary/aromatic N) is 1. The van der Waals surface area contributed by atoms with Gasteiger partial charge in [0.1, 0.15) is 0 Å². The van der Waals surface area contributed by atoms with Gasteiger partial charge in [0, 0.05) is 19.5 Å². The monoisotopic (exact) mass is 442 g/mol. The summed E-state index contributed by atoms with van der Waals surface area (Å²) in [6.45, 7) is 2.15. The molecule has 0 bridgehead atoms. The summed E-state index contributed by atoms with van der Waals surface area (Å²) in [5, 5.41) is 2.78. The van der Waals surface area contributed by atoms with E-state index in [1.807, 2.05) is 37.3 Å². The number of nitrogens with one attached hydrogen (secondary N) is 1. The molecule has 0 saturated heterocycles. The van der Waals surface area contributed by atoms with Crippen molar-refractivity contribution in [2.75, 3.05) is 23.7 Å². The fourth-order valence-corrected chi connectivity index (χ4v) is 4.01. The molecule has 2 aromatic carbocycles. The van der Waals surface area contributed by atoms with Crippen molar-refractivity contribution in [3.63, 3.8) is 0 Å². The molecule has 0 heterocycles. The number of hydrogen-bond acceptors (Lipinski definition) is 3. The van der Waals surface area contributed by atoms with Crippen molar-refractivity contribution in [1.82, 2.24) is 5.32 Å². The Morgan fingerprint density at radius 3 is 2.27 bits per heavy atom. The van der Waals surface area contributed by atoms with E-state index < -0.39 is 27.5 Å². The van der Waals surface area contributed by atoms with E-state index in [1.165, 1.54) is 12.1 Å². The molecule has 2 rings (SSSR count). The van der Waals surface area contributed by atoms with Crippen molar-refractivity contribution >= 4 is 21.6 Å². The van der Waals surface area contributed by atoms with Gasteiger partial charge in [0.05, 0.1) is 17.5 Å². The number of alkyl halides is 3. The van der Waals surface area contributed by atoms with Crippen LogP contribution in [0, 0.1) is 0 Å². The molecule has 30 heavy (non-hydrogen) atoms. The Hall–Kier alpha value is -2.55.